The molecular formula is C24H28FN5O2S. The summed E-state index contributed by atoms with van der Waals surface area (Å²) < 4.78 is 12.5. The van der Waals surface area contributed by atoms with Crippen molar-refractivity contribution in [2.75, 3.05) is 44.5 Å². The summed E-state index contributed by atoms with van der Waals surface area (Å²) in [6.07, 6.45) is 4.57. The van der Waals surface area contributed by atoms with Gasteiger partial charge in [0.2, 0.25) is 5.91 Å². The smallest absolute Gasteiger partial charge is 0.252 e. The van der Waals surface area contributed by atoms with Crippen molar-refractivity contribution in [2.24, 2.45) is 5.92 Å². The lowest BCUT2D eigenvalue weighted by atomic mass is 10.00. The third-order valence-corrected chi connectivity index (χ3v) is 7.26. The highest BCUT2D eigenvalue weighted by atomic mass is 32.2. The summed E-state index contributed by atoms with van der Waals surface area (Å²) in [5.74, 6) is 0.722. The average molecular weight is 470 g/mol. The van der Waals surface area contributed by atoms with E-state index in [1.54, 1.807) is 12.3 Å². The fourth-order valence-electron chi connectivity index (χ4n) is 4.32. The lowest BCUT2D eigenvalue weighted by molar-refractivity contribution is -0.129. The first kappa shape index (κ1) is 23.5. The number of amides is 2. The van der Waals surface area contributed by atoms with Crippen LogP contribution in [0.4, 0.5) is 4.39 Å². The number of alkyl halides is 1. The molecule has 9 heteroatoms. The van der Waals surface area contributed by atoms with E-state index in [9.17, 15) is 14.0 Å². The van der Waals surface area contributed by atoms with Crippen LogP contribution in [0.15, 0.2) is 30.5 Å². The van der Waals surface area contributed by atoms with E-state index in [1.165, 1.54) is 16.7 Å². The minimum atomic E-state index is -0.435. The molecule has 2 amide bonds. The second kappa shape index (κ2) is 10.9. The Hall–Kier alpha value is -2.70. The Morgan fingerprint density at radius 1 is 1.27 bits per heavy atom. The van der Waals surface area contributed by atoms with Crippen LogP contribution in [0.1, 0.15) is 28.8 Å². The first-order valence-electron chi connectivity index (χ1n) is 11.3. The van der Waals surface area contributed by atoms with E-state index in [0.717, 1.165) is 55.4 Å². The van der Waals surface area contributed by atoms with Gasteiger partial charge >= 0.3 is 0 Å². The summed E-state index contributed by atoms with van der Waals surface area (Å²) in [4.78, 5) is 33.5. The molecular weight excluding hydrogens is 441 g/mol. The van der Waals surface area contributed by atoms with Crippen molar-refractivity contribution >= 4 is 34.5 Å². The number of hydrogen-bond acceptors (Lipinski definition) is 6. The number of nitrogens with zero attached hydrogens (tertiary/aromatic N) is 4. The molecule has 0 spiro atoms. The molecule has 2 saturated heterocycles. The molecule has 2 aromatic rings. The zero-order valence-corrected chi connectivity index (χ0v) is 19.3. The van der Waals surface area contributed by atoms with E-state index >= 15 is 0 Å². The maximum absolute atomic E-state index is 12.9. The number of halogens is 1. The highest BCUT2D eigenvalue weighted by Gasteiger charge is 2.29. The van der Waals surface area contributed by atoms with Crippen LogP contribution in [0.25, 0.3) is 10.9 Å². The molecule has 0 aliphatic carbocycles. The Kier molecular flexibility index (Phi) is 7.78. The van der Waals surface area contributed by atoms with E-state index in [-0.39, 0.29) is 31.0 Å². The molecule has 3 heterocycles. The van der Waals surface area contributed by atoms with Crippen molar-refractivity contribution in [1.82, 2.24) is 20.1 Å². The van der Waals surface area contributed by atoms with Crippen LogP contribution in [0, 0.1) is 17.2 Å². The van der Waals surface area contributed by atoms with E-state index in [1.807, 2.05) is 18.2 Å². The lowest BCUT2D eigenvalue weighted by Crippen LogP contribution is -2.47. The van der Waals surface area contributed by atoms with Gasteiger partial charge in [0.15, 0.2) is 0 Å². The SMILES string of the molecule is N#C[C@@H]1CSCN1C(=O)CNC(=O)c1ccnc2ccc(CCCCN3CC(CF)C3)cc12. The fourth-order valence-corrected chi connectivity index (χ4v) is 5.42. The van der Waals surface area contributed by atoms with Crippen molar-refractivity contribution < 1.29 is 14.0 Å². The van der Waals surface area contributed by atoms with Crippen molar-refractivity contribution in [1.29, 1.82) is 5.26 Å². The Balaban J connectivity index is 1.33. The number of nitrogens with one attached hydrogen (secondary N) is 1. The van der Waals surface area contributed by atoms with Gasteiger partial charge < -0.3 is 15.1 Å². The molecule has 1 aromatic carbocycles. The average Bonchev–Trinajstić information content (AvgIpc) is 3.29. The van der Waals surface area contributed by atoms with Gasteiger partial charge in [-0.25, -0.2) is 0 Å². The number of fused-ring (bicyclic) bond motifs is 1. The molecule has 4 rings (SSSR count). The van der Waals surface area contributed by atoms with Gasteiger partial charge in [-0.1, -0.05) is 6.07 Å². The molecule has 7 nitrogen and oxygen atoms in total. The first-order chi connectivity index (χ1) is 16.1. The van der Waals surface area contributed by atoms with Gasteiger partial charge in [-0.05, 0) is 49.6 Å². The summed E-state index contributed by atoms with van der Waals surface area (Å²) in [7, 11) is 0. The zero-order valence-electron chi connectivity index (χ0n) is 18.5. The van der Waals surface area contributed by atoms with E-state index in [2.05, 4.69) is 21.3 Å². The number of benzene rings is 1. The Bertz CT molecular complexity index is 1050. The highest BCUT2D eigenvalue weighted by molar-refractivity contribution is 7.99. The lowest BCUT2D eigenvalue weighted by Gasteiger charge is -2.37. The standard InChI is InChI=1S/C24H28FN5O2S/c25-10-18-13-29(14-18)8-2-1-3-17-4-5-22-21(9-17)20(6-7-27-22)24(32)28-12-23(31)30-16-33-15-19(30)11-26/h4-7,9,18-19H,1-3,8,10,12-16H2,(H,28,32)/t19-/m1/s1. The fraction of sp³-hybridized carbons (Fsp3) is 0.500. The van der Waals surface area contributed by atoms with Crippen LogP contribution in [0.3, 0.4) is 0 Å². The number of pyridine rings is 1. The molecule has 33 heavy (non-hydrogen) atoms. The van der Waals surface area contributed by atoms with Crippen LogP contribution in [-0.2, 0) is 11.2 Å². The van der Waals surface area contributed by atoms with Crippen LogP contribution < -0.4 is 5.32 Å². The Morgan fingerprint density at radius 2 is 2.12 bits per heavy atom. The number of thioether (sulfide) groups is 1. The minimum absolute atomic E-state index is 0.138. The molecule has 0 unspecified atom stereocenters. The molecule has 2 fully saturated rings. The van der Waals surface area contributed by atoms with Gasteiger partial charge in [0, 0.05) is 36.3 Å². The summed E-state index contributed by atoms with van der Waals surface area (Å²) in [5.41, 5.74) is 2.35. The van der Waals surface area contributed by atoms with Gasteiger partial charge in [-0.15, -0.1) is 11.8 Å². The zero-order chi connectivity index (χ0) is 23.2. The number of unbranched alkanes of at least 4 members (excludes halogenated alkanes) is 1. The number of carbonyl (C=O) groups excluding carboxylic acids is 2. The van der Waals surface area contributed by atoms with Crippen molar-refractivity contribution in [3.8, 4) is 6.07 Å². The third-order valence-electron chi connectivity index (χ3n) is 6.24. The monoisotopic (exact) mass is 469 g/mol. The minimum Gasteiger partial charge on any atom is -0.343 e. The number of hydrogen-bond donors (Lipinski definition) is 1. The van der Waals surface area contributed by atoms with Gasteiger partial charge in [-0.2, -0.15) is 5.26 Å². The highest BCUT2D eigenvalue weighted by Crippen LogP contribution is 2.22. The second-order valence-electron chi connectivity index (χ2n) is 8.64. The number of nitriles is 1. The normalized spacial score (nSPS) is 18.8. The van der Waals surface area contributed by atoms with Crippen LogP contribution in [0.5, 0.6) is 0 Å². The van der Waals surface area contributed by atoms with Gasteiger partial charge in [0.25, 0.3) is 5.91 Å². The predicted octanol–water partition coefficient (Wildman–Crippen LogP) is 2.61. The largest absolute Gasteiger partial charge is 0.343 e. The summed E-state index contributed by atoms with van der Waals surface area (Å²) in [6.45, 7) is 2.37. The number of aryl methyl sites for hydroxylation is 1. The maximum Gasteiger partial charge on any atom is 0.252 e. The van der Waals surface area contributed by atoms with E-state index < -0.39 is 6.04 Å². The molecule has 2 aliphatic rings. The van der Waals surface area contributed by atoms with Crippen LogP contribution in [-0.4, -0.2) is 77.1 Å². The Morgan fingerprint density at radius 3 is 2.91 bits per heavy atom. The summed E-state index contributed by atoms with van der Waals surface area (Å²) >= 11 is 1.54. The number of carbonyl (C=O) groups is 2. The quantitative estimate of drug-likeness (QED) is 0.568. The number of aromatic nitrogens is 1. The molecule has 0 radical (unpaired) electrons. The maximum atomic E-state index is 12.9. The number of likely N-dealkylation sites (tertiary alicyclic amines) is 1. The second-order valence-corrected chi connectivity index (χ2v) is 9.64. The molecule has 174 valence electrons. The summed E-state index contributed by atoms with van der Waals surface area (Å²) in [5, 5.41) is 12.6. The van der Waals surface area contributed by atoms with Crippen molar-refractivity contribution in [3.63, 3.8) is 0 Å². The van der Waals surface area contributed by atoms with Crippen LogP contribution in [0.2, 0.25) is 0 Å². The Labute approximate surface area is 197 Å². The van der Waals surface area contributed by atoms with E-state index in [4.69, 9.17) is 5.26 Å². The van der Waals surface area contributed by atoms with Crippen molar-refractivity contribution in [3.05, 3.63) is 41.6 Å². The molecule has 1 aromatic heterocycles. The molecule has 2 aliphatic heterocycles. The van der Waals surface area contributed by atoms with Crippen LogP contribution >= 0.6 is 11.8 Å². The third kappa shape index (κ3) is 5.63. The van der Waals surface area contributed by atoms with Crippen molar-refractivity contribution in [2.45, 2.75) is 25.3 Å². The number of rotatable bonds is 9. The first-order valence-corrected chi connectivity index (χ1v) is 12.5. The molecule has 0 saturated carbocycles. The molecule has 0 bridgehead atoms. The molecule has 1 atom stereocenters. The van der Waals surface area contributed by atoms with Gasteiger partial charge in [0.05, 0.1) is 36.2 Å². The predicted molar refractivity (Wildman–Crippen MR) is 126 cm³/mol. The van der Waals surface area contributed by atoms with E-state index in [0.29, 0.717) is 17.2 Å². The summed E-state index contributed by atoms with van der Waals surface area (Å²) in [6, 6.07) is 9.33. The van der Waals surface area contributed by atoms with Gasteiger partial charge in [0.1, 0.15) is 6.04 Å². The van der Waals surface area contributed by atoms with Gasteiger partial charge in [-0.3, -0.25) is 19.0 Å². The topological polar surface area (TPSA) is 89.3 Å². The molecule has 1 N–H and O–H groups in total.